The number of hydrogen-bond acceptors (Lipinski definition) is 2. The van der Waals surface area contributed by atoms with Gasteiger partial charge in [0.05, 0.1) is 11.8 Å². The summed E-state index contributed by atoms with van der Waals surface area (Å²) in [6.45, 7) is 2.89. The first-order valence-corrected chi connectivity index (χ1v) is 8.21. The van der Waals surface area contributed by atoms with Crippen molar-refractivity contribution in [2.45, 2.75) is 58.4 Å². The van der Waals surface area contributed by atoms with Crippen LogP contribution in [0.25, 0.3) is 0 Å². The molecule has 4 aliphatic rings. The van der Waals surface area contributed by atoms with Crippen molar-refractivity contribution < 1.29 is 4.79 Å². The molecular formula is C17H24N2O. The summed E-state index contributed by atoms with van der Waals surface area (Å²) in [7, 11) is 0. The Kier molecular flexibility index (Phi) is 2.80. The van der Waals surface area contributed by atoms with E-state index in [0.717, 1.165) is 36.3 Å². The van der Waals surface area contributed by atoms with Crippen LogP contribution in [0, 0.1) is 23.2 Å². The Balaban J connectivity index is 1.52. The van der Waals surface area contributed by atoms with E-state index >= 15 is 0 Å². The van der Waals surface area contributed by atoms with Crippen molar-refractivity contribution in [2.75, 3.05) is 0 Å². The van der Waals surface area contributed by atoms with Crippen LogP contribution in [0.5, 0.6) is 0 Å². The molecule has 0 saturated heterocycles. The summed E-state index contributed by atoms with van der Waals surface area (Å²) in [6.07, 6.45) is 12.7. The summed E-state index contributed by atoms with van der Waals surface area (Å²) in [5, 5.41) is 4.25. The largest absolute Gasteiger partial charge is 0.294 e. The smallest absolute Gasteiger partial charge is 0.166 e. The number of carbonyl (C=O) groups excluding carboxylic acids is 1. The van der Waals surface area contributed by atoms with E-state index in [-0.39, 0.29) is 0 Å². The molecule has 5 rings (SSSR count). The van der Waals surface area contributed by atoms with Gasteiger partial charge in [0.2, 0.25) is 0 Å². The normalized spacial score (nSPS) is 38.4. The lowest BCUT2D eigenvalue weighted by Crippen LogP contribution is -2.46. The lowest BCUT2D eigenvalue weighted by atomic mass is 9.48. The van der Waals surface area contributed by atoms with Gasteiger partial charge in [-0.05, 0) is 68.6 Å². The fraction of sp³-hybridized carbons (Fsp3) is 0.765. The van der Waals surface area contributed by atoms with Crippen LogP contribution in [0.2, 0.25) is 0 Å². The van der Waals surface area contributed by atoms with Crippen molar-refractivity contribution in [1.29, 1.82) is 0 Å². The number of carbonyl (C=O) groups is 1. The summed E-state index contributed by atoms with van der Waals surface area (Å²) in [6, 6.07) is 0. The van der Waals surface area contributed by atoms with E-state index in [1.807, 2.05) is 10.9 Å². The van der Waals surface area contributed by atoms with Crippen LogP contribution in [-0.4, -0.2) is 15.6 Å². The van der Waals surface area contributed by atoms with E-state index in [4.69, 9.17) is 0 Å². The highest BCUT2D eigenvalue weighted by molar-refractivity contribution is 5.96. The molecule has 1 heterocycles. The molecule has 0 radical (unpaired) electrons. The van der Waals surface area contributed by atoms with E-state index < -0.39 is 0 Å². The third-order valence-corrected chi connectivity index (χ3v) is 5.98. The predicted molar refractivity (Wildman–Crippen MR) is 77.5 cm³/mol. The first-order valence-electron chi connectivity index (χ1n) is 8.21. The van der Waals surface area contributed by atoms with E-state index in [9.17, 15) is 4.79 Å². The topological polar surface area (TPSA) is 34.9 Å². The average molecular weight is 272 g/mol. The third kappa shape index (κ3) is 2.02. The minimum Gasteiger partial charge on any atom is -0.294 e. The van der Waals surface area contributed by atoms with Crippen molar-refractivity contribution in [3.05, 3.63) is 18.0 Å². The van der Waals surface area contributed by atoms with Crippen LogP contribution in [0.3, 0.4) is 0 Å². The summed E-state index contributed by atoms with van der Waals surface area (Å²) < 4.78 is 1.85. The zero-order valence-corrected chi connectivity index (χ0v) is 12.3. The van der Waals surface area contributed by atoms with Crippen LogP contribution in [0.1, 0.15) is 62.2 Å². The monoisotopic (exact) mass is 272 g/mol. The average Bonchev–Trinajstić information content (AvgIpc) is 2.85. The first kappa shape index (κ1) is 12.6. The van der Waals surface area contributed by atoms with E-state index in [1.165, 1.54) is 38.5 Å². The minimum absolute atomic E-state index is 0.326. The Bertz CT molecular complexity index is 496. The van der Waals surface area contributed by atoms with Gasteiger partial charge in [-0.3, -0.25) is 9.48 Å². The molecule has 20 heavy (non-hydrogen) atoms. The highest BCUT2D eigenvalue weighted by atomic mass is 16.1. The summed E-state index contributed by atoms with van der Waals surface area (Å²) in [5.41, 5.74) is 1.17. The minimum atomic E-state index is 0.326. The van der Waals surface area contributed by atoms with Crippen molar-refractivity contribution in [3.8, 4) is 0 Å². The third-order valence-electron chi connectivity index (χ3n) is 5.98. The van der Waals surface area contributed by atoms with Crippen LogP contribution >= 0.6 is 0 Å². The van der Waals surface area contributed by atoms with Crippen molar-refractivity contribution >= 4 is 5.78 Å². The molecule has 0 unspecified atom stereocenters. The maximum atomic E-state index is 12.6. The van der Waals surface area contributed by atoms with Crippen molar-refractivity contribution in [2.24, 2.45) is 23.2 Å². The number of ketones is 1. The number of aromatic nitrogens is 2. The zero-order chi connectivity index (χ0) is 13.7. The maximum absolute atomic E-state index is 12.6. The molecule has 0 amide bonds. The van der Waals surface area contributed by atoms with Gasteiger partial charge in [-0.25, -0.2) is 0 Å². The van der Waals surface area contributed by atoms with Gasteiger partial charge in [0, 0.05) is 19.2 Å². The molecule has 4 aliphatic carbocycles. The molecular weight excluding hydrogens is 248 g/mol. The number of rotatable bonds is 4. The van der Waals surface area contributed by atoms with Crippen LogP contribution in [0.4, 0.5) is 0 Å². The lowest BCUT2D eigenvalue weighted by molar-refractivity contribution is -0.0524. The Hall–Kier alpha value is -1.12. The molecule has 1 aromatic rings. The highest BCUT2D eigenvalue weighted by Gasteiger charge is 2.51. The van der Waals surface area contributed by atoms with Gasteiger partial charge in [-0.1, -0.05) is 0 Å². The summed E-state index contributed by atoms with van der Waals surface area (Å²) in [5.74, 6) is 3.10. The number of nitrogens with zero attached hydrogens (tertiary/aromatic N) is 2. The first-order chi connectivity index (χ1) is 9.66. The molecule has 0 N–H and O–H groups in total. The molecule has 0 aromatic carbocycles. The molecule has 0 spiro atoms. The van der Waals surface area contributed by atoms with Gasteiger partial charge >= 0.3 is 0 Å². The molecule has 4 saturated carbocycles. The Labute approximate surface area is 120 Å². The van der Waals surface area contributed by atoms with Gasteiger partial charge in [0.1, 0.15) is 0 Å². The maximum Gasteiger partial charge on any atom is 0.166 e. The zero-order valence-electron chi connectivity index (χ0n) is 12.3. The summed E-state index contributed by atoms with van der Waals surface area (Å²) in [4.78, 5) is 12.6. The van der Waals surface area contributed by atoms with Gasteiger partial charge in [0.15, 0.2) is 5.78 Å². The second kappa shape index (κ2) is 4.44. The Morgan fingerprint density at radius 3 is 2.35 bits per heavy atom. The molecule has 3 heteroatoms. The number of Topliss-reactive ketones (excluding diaryl/α,β-unsaturated/α-hetero) is 1. The van der Waals surface area contributed by atoms with Gasteiger partial charge < -0.3 is 0 Å². The van der Waals surface area contributed by atoms with Crippen LogP contribution in [-0.2, 0) is 6.54 Å². The van der Waals surface area contributed by atoms with Crippen molar-refractivity contribution in [3.63, 3.8) is 0 Å². The van der Waals surface area contributed by atoms with E-state index in [1.54, 1.807) is 6.20 Å². The van der Waals surface area contributed by atoms with Gasteiger partial charge in [0.25, 0.3) is 0 Å². The van der Waals surface area contributed by atoms with E-state index in [2.05, 4.69) is 12.0 Å². The van der Waals surface area contributed by atoms with Crippen LogP contribution < -0.4 is 0 Å². The number of hydrogen-bond donors (Lipinski definition) is 0. The molecule has 3 nitrogen and oxygen atoms in total. The van der Waals surface area contributed by atoms with Gasteiger partial charge in [-0.2, -0.15) is 5.10 Å². The van der Waals surface area contributed by atoms with Gasteiger partial charge in [-0.15, -0.1) is 0 Å². The molecule has 0 atom stereocenters. The molecule has 0 aliphatic heterocycles. The summed E-state index contributed by atoms with van der Waals surface area (Å²) >= 11 is 0. The number of aryl methyl sites for hydroxylation is 1. The molecule has 4 bridgehead atoms. The SMILES string of the molecule is CCn1cc(C(=O)CC23CC4CC(CC(C4)C2)C3)cn1. The second-order valence-corrected chi connectivity index (χ2v) is 7.60. The standard InChI is InChI=1S/C17H24N2O/c1-2-19-11-15(10-18-19)16(20)9-17-6-12-3-13(7-17)5-14(4-12)8-17/h10-14H,2-9H2,1H3. The van der Waals surface area contributed by atoms with Crippen molar-refractivity contribution in [1.82, 2.24) is 9.78 Å². The highest BCUT2D eigenvalue weighted by Crippen LogP contribution is 2.61. The Morgan fingerprint density at radius 1 is 1.25 bits per heavy atom. The van der Waals surface area contributed by atoms with E-state index in [0.29, 0.717) is 11.2 Å². The molecule has 4 fully saturated rings. The predicted octanol–water partition coefficient (Wildman–Crippen LogP) is 3.69. The molecule has 108 valence electrons. The fourth-order valence-corrected chi connectivity index (χ4v) is 5.63. The van der Waals surface area contributed by atoms with Crippen LogP contribution in [0.15, 0.2) is 12.4 Å². The Morgan fingerprint density at radius 2 is 1.85 bits per heavy atom. The quantitative estimate of drug-likeness (QED) is 0.783. The lowest BCUT2D eigenvalue weighted by Gasteiger charge is -2.56. The second-order valence-electron chi connectivity index (χ2n) is 7.60. The molecule has 1 aromatic heterocycles. The fourth-order valence-electron chi connectivity index (χ4n) is 5.63.